The van der Waals surface area contributed by atoms with E-state index < -0.39 is 25.8 Å². The average Bonchev–Trinajstić information content (AvgIpc) is 3.10. The molecule has 6 heteroatoms. The molecule has 0 heterocycles. The summed E-state index contributed by atoms with van der Waals surface area (Å²) in [5, 5.41) is 9.52. The van der Waals surface area contributed by atoms with Crippen molar-refractivity contribution in [2.75, 3.05) is 7.11 Å². The Bertz CT molecular complexity index is 1800. The van der Waals surface area contributed by atoms with Gasteiger partial charge in [0.15, 0.2) is 0 Å². The smallest absolute Gasteiger partial charge is 0.310 e. The lowest BCUT2D eigenvalue weighted by Gasteiger charge is -2.32. The Hall–Kier alpha value is -4.73. The van der Waals surface area contributed by atoms with E-state index in [1.54, 1.807) is 7.11 Å². The summed E-state index contributed by atoms with van der Waals surface area (Å²) < 4.78 is 6.09. The van der Waals surface area contributed by atoms with Crippen molar-refractivity contribution in [3.63, 3.8) is 0 Å². The van der Waals surface area contributed by atoms with Crippen LogP contribution in [0.25, 0.3) is 0 Å². The van der Waals surface area contributed by atoms with E-state index in [0.717, 1.165) is 38.9 Å². The van der Waals surface area contributed by atoms with Gasteiger partial charge >= 0.3 is 11.8 Å². The molecule has 5 aromatic rings. The molecule has 49 heavy (non-hydrogen) atoms. The molecule has 0 aliphatic heterocycles. The molecule has 0 aromatic heterocycles. The number of ether oxygens (including phenoxy) is 1. The van der Waals surface area contributed by atoms with Gasteiger partial charge in [-0.05, 0) is 63.5 Å². The fourth-order valence-electron chi connectivity index (χ4n) is 6.06. The summed E-state index contributed by atoms with van der Waals surface area (Å²) in [4.78, 5) is 27.3. The number of rotatable bonds is 9. The largest absolute Gasteiger partial charge is 0.496 e. The summed E-state index contributed by atoms with van der Waals surface area (Å²) in [6.45, 7) is 13.3. The Morgan fingerprint density at radius 1 is 0.653 bits per heavy atom. The molecule has 5 rings (SSSR count). The minimum Gasteiger partial charge on any atom is -0.496 e. The fourth-order valence-corrected chi connectivity index (χ4v) is 8.56. The number of carbonyl (C=O) groups is 2. The van der Waals surface area contributed by atoms with Gasteiger partial charge in [0.05, 0.1) is 13.2 Å². The normalized spacial score (nSPS) is 12.3. The maximum absolute atomic E-state index is 13.9. The van der Waals surface area contributed by atoms with Crippen LogP contribution in [0.1, 0.15) is 75.4 Å². The van der Waals surface area contributed by atoms with Crippen LogP contribution in [-0.2, 0) is 27.0 Å². The highest BCUT2D eigenvalue weighted by atomic mass is 31.1. The van der Waals surface area contributed by atoms with Crippen LogP contribution >= 0.6 is 7.92 Å². The van der Waals surface area contributed by atoms with Crippen molar-refractivity contribution < 1.29 is 14.3 Å². The molecule has 1 atom stereocenters. The molecule has 252 valence electrons. The third kappa shape index (κ3) is 8.47. The number of hydrogen-bond acceptors (Lipinski definition) is 3. The lowest BCUT2D eigenvalue weighted by atomic mass is 9.77. The Labute approximate surface area is 292 Å². The van der Waals surface area contributed by atoms with E-state index in [0.29, 0.717) is 0 Å². The van der Waals surface area contributed by atoms with Crippen LogP contribution in [0.4, 0.5) is 0 Å². The van der Waals surface area contributed by atoms with Gasteiger partial charge in [-0.2, -0.15) is 0 Å². The second kappa shape index (κ2) is 15.2. The van der Waals surface area contributed by atoms with E-state index in [4.69, 9.17) is 4.74 Å². The van der Waals surface area contributed by atoms with E-state index in [9.17, 15) is 9.59 Å². The Kier molecular flexibility index (Phi) is 11.1. The Morgan fingerprint density at radius 3 is 1.61 bits per heavy atom. The van der Waals surface area contributed by atoms with Crippen LogP contribution in [0.3, 0.4) is 0 Å². The first-order chi connectivity index (χ1) is 23.4. The van der Waals surface area contributed by atoms with Crippen LogP contribution in [0.15, 0.2) is 127 Å². The summed E-state index contributed by atoms with van der Waals surface area (Å²) in [7, 11) is 0.707. The van der Waals surface area contributed by atoms with E-state index in [-0.39, 0.29) is 17.4 Å². The summed E-state index contributed by atoms with van der Waals surface area (Å²) in [6.07, 6.45) is 0. The van der Waals surface area contributed by atoms with E-state index in [1.165, 1.54) is 10.6 Å². The third-order valence-electron chi connectivity index (χ3n) is 8.56. The number of amides is 2. The van der Waals surface area contributed by atoms with Crippen molar-refractivity contribution in [1.82, 2.24) is 10.6 Å². The van der Waals surface area contributed by atoms with Crippen molar-refractivity contribution in [2.45, 2.75) is 65.0 Å². The topological polar surface area (TPSA) is 67.4 Å². The Balaban J connectivity index is 1.70. The number of methoxy groups -OCH3 is 1. The second-order valence-electron chi connectivity index (χ2n) is 14.3. The molecular formula is C43H47N2O3P. The molecule has 0 saturated heterocycles. The van der Waals surface area contributed by atoms with Crippen molar-refractivity contribution >= 4 is 35.6 Å². The molecule has 0 aliphatic rings. The number of nitrogens with one attached hydrogen (secondary N) is 2. The van der Waals surface area contributed by atoms with Crippen molar-refractivity contribution in [1.29, 1.82) is 0 Å². The van der Waals surface area contributed by atoms with Crippen LogP contribution in [0, 0.1) is 0 Å². The molecule has 0 bridgehead atoms. The molecule has 2 N–H and O–H groups in total. The standard InChI is InChI=1S/C43H47N2O3P/c1-42(2,3)35-27-31(28-36(39(35)48-7)43(4,5)6)38(45-41(47)40(46)44-29-30-19-11-8-12-20-30)34-25-17-18-26-37(34)49(32-21-13-9-14-22-32)33-23-15-10-16-24-33/h8-28,38H,29H2,1-7H3,(H,44,46)(H,45,47)/t38-/m1/s1. The average molecular weight is 671 g/mol. The lowest BCUT2D eigenvalue weighted by Crippen LogP contribution is -2.42. The molecule has 0 fully saturated rings. The van der Waals surface area contributed by atoms with Crippen LogP contribution in [0.5, 0.6) is 5.75 Å². The number of benzene rings is 5. The zero-order valence-corrected chi connectivity index (χ0v) is 30.5. The second-order valence-corrected chi connectivity index (χ2v) is 16.5. The number of carbonyl (C=O) groups excluding carboxylic acids is 2. The van der Waals surface area contributed by atoms with Gasteiger partial charge in [0, 0.05) is 17.7 Å². The molecule has 5 aromatic carbocycles. The highest BCUT2D eigenvalue weighted by Gasteiger charge is 2.32. The molecule has 5 nitrogen and oxygen atoms in total. The van der Waals surface area contributed by atoms with Gasteiger partial charge in [-0.3, -0.25) is 9.59 Å². The van der Waals surface area contributed by atoms with Gasteiger partial charge in [-0.25, -0.2) is 0 Å². The van der Waals surface area contributed by atoms with Crippen molar-refractivity contribution in [2.24, 2.45) is 0 Å². The quantitative estimate of drug-likeness (QED) is 0.126. The fraction of sp³-hybridized carbons (Fsp3) is 0.256. The molecular weight excluding hydrogens is 623 g/mol. The summed E-state index contributed by atoms with van der Waals surface area (Å²) in [5.41, 5.74) is 4.31. The molecule has 0 spiro atoms. The summed E-state index contributed by atoms with van der Waals surface area (Å²) >= 11 is 0. The first-order valence-electron chi connectivity index (χ1n) is 16.7. The monoisotopic (exact) mass is 670 g/mol. The van der Waals surface area contributed by atoms with Crippen molar-refractivity contribution in [3.05, 3.63) is 155 Å². The van der Waals surface area contributed by atoms with Gasteiger partial charge in [0.25, 0.3) is 0 Å². The lowest BCUT2D eigenvalue weighted by molar-refractivity contribution is -0.139. The van der Waals surface area contributed by atoms with Crippen LogP contribution in [0.2, 0.25) is 0 Å². The van der Waals surface area contributed by atoms with Gasteiger partial charge in [-0.15, -0.1) is 0 Å². The van der Waals surface area contributed by atoms with E-state index in [2.05, 4.69) is 131 Å². The summed E-state index contributed by atoms with van der Waals surface area (Å²) in [6, 6.07) is 42.6. The van der Waals surface area contributed by atoms with Crippen LogP contribution in [-0.4, -0.2) is 18.9 Å². The SMILES string of the molecule is COc1c(C(C)(C)C)cc([C@@H](NC(=O)C(=O)NCc2ccccc2)c2ccccc2P(c2ccccc2)c2ccccc2)cc1C(C)(C)C. The van der Waals surface area contributed by atoms with E-state index in [1.807, 2.05) is 48.5 Å². The first-order valence-corrected chi connectivity index (χ1v) is 18.1. The first kappa shape index (κ1) is 35.6. The minimum atomic E-state index is -1.01. The van der Waals surface area contributed by atoms with Crippen LogP contribution < -0.4 is 31.3 Å². The predicted molar refractivity (Wildman–Crippen MR) is 204 cm³/mol. The maximum Gasteiger partial charge on any atom is 0.310 e. The molecule has 0 saturated carbocycles. The predicted octanol–water partition coefficient (Wildman–Crippen LogP) is 7.57. The zero-order valence-electron chi connectivity index (χ0n) is 29.6. The number of hydrogen-bond donors (Lipinski definition) is 2. The molecule has 2 amide bonds. The van der Waals surface area contributed by atoms with Gasteiger partial charge in [0.2, 0.25) is 0 Å². The van der Waals surface area contributed by atoms with Gasteiger partial charge in [0.1, 0.15) is 5.75 Å². The Morgan fingerprint density at radius 2 is 1.12 bits per heavy atom. The third-order valence-corrected chi connectivity index (χ3v) is 11.1. The molecule has 0 radical (unpaired) electrons. The maximum atomic E-state index is 13.9. The molecule has 0 unspecified atom stereocenters. The molecule has 0 aliphatic carbocycles. The highest BCUT2D eigenvalue weighted by molar-refractivity contribution is 7.79. The van der Waals surface area contributed by atoms with Gasteiger partial charge < -0.3 is 15.4 Å². The minimum absolute atomic E-state index is 0.256. The van der Waals surface area contributed by atoms with E-state index >= 15 is 0 Å². The van der Waals surface area contributed by atoms with Crippen molar-refractivity contribution in [3.8, 4) is 5.75 Å². The highest BCUT2D eigenvalue weighted by Crippen LogP contribution is 2.43. The summed E-state index contributed by atoms with van der Waals surface area (Å²) in [5.74, 6) is -0.524. The zero-order chi connectivity index (χ0) is 35.2. The van der Waals surface area contributed by atoms with Gasteiger partial charge in [-0.1, -0.05) is 157 Å².